The number of likely N-dealkylation sites (tertiary alicyclic amines) is 1. The van der Waals surface area contributed by atoms with Crippen LogP contribution in [-0.2, 0) is 5.54 Å². The van der Waals surface area contributed by atoms with Crippen LogP contribution >= 0.6 is 0 Å². The molecule has 0 aliphatic carbocycles. The second-order valence-electron chi connectivity index (χ2n) is 6.02. The van der Waals surface area contributed by atoms with Crippen molar-refractivity contribution in [2.45, 2.75) is 39.2 Å². The zero-order valence-corrected chi connectivity index (χ0v) is 13.2. The molecular weight excluding hydrogens is 276 g/mol. The molecule has 5 heteroatoms. The van der Waals surface area contributed by atoms with Crippen LogP contribution in [0.2, 0.25) is 0 Å². The van der Waals surface area contributed by atoms with E-state index in [4.69, 9.17) is 0 Å². The number of amides is 1. The Labute approximate surface area is 130 Å². The van der Waals surface area contributed by atoms with Crippen LogP contribution in [0.5, 0.6) is 0 Å². The lowest BCUT2D eigenvalue weighted by Crippen LogP contribution is -2.44. The third-order valence-electron chi connectivity index (χ3n) is 4.27. The van der Waals surface area contributed by atoms with E-state index in [9.17, 15) is 4.79 Å². The molecule has 1 saturated heterocycles. The highest BCUT2D eigenvalue weighted by atomic mass is 16.2. The third-order valence-corrected chi connectivity index (χ3v) is 4.27. The lowest BCUT2D eigenvalue weighted by atomic mass is 9.97. The standard InChI is InChI=1S/C17H20N4O/c1-12-6-4-7-14(19-12)15(22)21-11-5-9-17(21,3)16-18-10-8-13(2)20-16/h4,6-8,10H,5,9,11H2,1-3H3/t17-/m1/s1. The molecule has 1 aliphatic heterocycles. The van der Waals surface area contributed by atoms with Gasteiger partial charge in [0.15, 0.2) is 5.82 Å². The first-order valence-corrected chi connectivity index (χ1v) is 7.56. The summed E-state index contributed by atoms with van der Waals surface area (Å²) in [6.45, 7) is 6.59. The van der Waals surface area contributed by atoms with Crippen molar-refractivity contribution in [2.24, 2.45) is 0 Å². The highest BCUT2D eigenvalue weighted by Gasteiger charge is 2.43. The molecule has 1 aliphatic rings. The van der Waals surface area contributed by atoms with Gasteiger partial charge in [-0.3, -0.25) is 4.79 Å². The van der Waals surface area contributed by atoms with Crippen molar-refractivity contribution in [1.29, 1.82) is 0 Å². The van der Waals surface area contributed by atoms with Crippen molar-refractivity contribution in [3.63, 3.8) is 0 Å². The molecule has 5 nitrogen and oxygen atoms in total. The molecule has 0 N–H and O–H groups in total. The molecular formula is C17H20N4O. The van der Waals surface area contributed by atoms with Crippen LogP contribution in [0, 0.1) is 13.8 Å². The topological polar surface area (TPSA) is 59.0 Å². The van der Waals surface area contributed by atoms with Gasteiger partial charge in [0.25, 0.3) is 5.91 Å². The van der Waals surface area contributed by atoms with E-state index in [1.54, 1.807) is 12.3 Å². The Hall–Kier alpha value is -2.30. The van der Waals surface area contributed by atoms with Crippen molar-refractivity contribution >= 4 is 5.91 Å². The Morgan fingerprint density at radius 3 is 2.68 bits per heavy atom. The van der Waals surface area contributed by atoms with Gasteiger partial charge in [-0.2, -0.15) is 0 Å². The zero-order chi connectivity index (χ0) is 15.7. The van der Waals surface area contributed by atoms with Crippen LogP contribution in [0.15, 0.2) is 30.5 Å². The third kappa shape index (κ3) is 2.47. The van der Waals surface area contributed by atoms with Crippen molar-refractivity contribution < 1.29 is 4.79 Å². The van der Waals surface area contributed by atoms with Crippen LogP contribution in [-0.4, -0.2) is 32.3 Å². The Kier molecular flexibility index (Phi) is 3.64. The van der Waals surface area contributed by atoms with Gasteiger partial charge in [-0.25, -0.2) is 15.0 Å². The number of hydrogen-bond donors (Lipinski definition) is 0. The quantitative estimate of drug-likeness (QED) is 0.855. The second kappa shape index (κ2) is 5.48. The molecule has 1 fully saturated rings. The van der Waals surface area contributed by atoms with Crippen LogP contribution in [0.1, 0.15) is 47.5 Å². The molecule has 0 bridgehead atoms. The number of carbonyl (C=O) groups excluding carboxylic acids is 1. The van der Waals surface area contributed by atoms with Crippen molar-refractivity contribution in [3.8, 4) is 0 Å². The van der Waals surface area contributed by atoms with Gasteiger partial charge in [0.05, 0.1) is 0 Å². The van der Waals surface area contributed by atoms with E-state index in [0.29, 0.717) is 18.1 Å². The maximum Gasteiger partial charge on any atom is 0.273 e. The summed E-state index contributed by atoms with van der Waals surface area (Å²) in [5.74, 6) is 0.666. The lowest BCUT2D eigenvalue weighted by molar-refractivity contribution is 0.0597. The monoisotopic (exact) mass is 296 g/mol. The molecule has 2 aromatic heterocycles. The normalized spacial score (nSPS) is 21.1. The van der Waals surface area contributed by atoms with Crippen LogP contribution in [0.25, 0.3) is 0 Å². The summed E-state index contributed by atoms with van der Waals surface area (Å²) in [6, 6.07) is 7.40. The molecule has 3 rings (SSSR count). The number of rotatable bonds is 2. The number of aryl methyl sites for hydroxylation is 2. The van der Waals surface area contributed by atoms with Gasteiger partial charge in [-0.05, 0) is 51.8 Å². The summed E-state index contributed by atoms with van der Waals surface area (Å²) in [6.07, 6.45) is 3.58. The highest BCUT2D eigenvalue weighted by Crippen LogP contribution is 2.37. The van der Waals surface area contributed by atoms with E-state index in [1.165, 1.54) is 0 Å². The number of aromatic nitrogens is 3. The largest absolute Gasteiger partial charge is 0.325 e. The summed E-state index contributed by atoms with van der Waals surface area (Å²) >= 11 is 0. The fourth-order valence-corrected chi connectivity index (χ4v) is 3.03. The minimum absolute atomic E-state index is 0.0474. The molecule has 0 unspecified atom stereocenters. The molecule has 1 atom stereocenters. The predicted octanol–water partition coefficient (Wildman–Crippen LogP) is 2.64. The SMILES string of the molecule is Cc1cccc(C(=O)N2CCC[C@]2(C)c2nccc(C)n2)n1. The summed E-state index contributed by atoms with van der Waals surface area (Å²) < 4.78 is 0. The first-order chi connectivity index (χ1) is 10.5. The number of nitrogens with zero attached hydrogens (tertiary/aromatic N) is 4. The summed E-state index contributed by atoms with van der Waals surface area (Å²) in [7, 11) is 0. The fraction of sp³-hybridized carbons (Fsp3) is 0.412. The molecule has 0 radical (unpaired) electrons. The summed E-state index contributed by atoms with van der Waals surface area (Å²) in [5.41, 5.74) is 1.78. The van der Waals surface area contributed by atoms with Crippen molar-refractivity contribution in [3.05, 3.63) is 53.4 Å². The average molecular weight is 296 g/mol. The molecule has 0 spiro atoms. The summed E-state index contributed by atoms with van der Waals surface area (Å²) in [5, 5.41) is 0. The summed E-state index contributed by atoms with van der Waals surface area (Å²) in [4.78, 5) is 28.1. The molecule has 3 heterocycles. The van der Waals surface area contributed by atoms with E-state index in [2.05, 4.69) is 15.0 Å². The molecule has 22 heavy (non-hydrogen) atoms. The van der Waals surface area contributed by atoms with Crippen molar-refractivity contribution in [2.75, 3.05) is 6.54 Å². The Balaban J connectivity index is 1.97. The Morgan fingerprint density at radius 2 is 1.95 bits per heavy atom. The van der Waals surface area contributed by atoms with E-state index in [-0.39, 0.29) is 5.91 Å². The molecule has 0 saturated carbocycles. The smallest absolute Gasteiger partial charge is 0.273 e. The van der Waals surface area contributed by atoms with E-state index < -0.39 is 5.54 Å². The van der Waals surface area contributed by atoms with E-state index in [0.717, 1.165) is 24.2 Å². The van der Waals surface area contributed by atoms with Gasteiger partial charge >= 0.3 is 0 Å². The number of hydrogen-bond acceptors (Lipinski definition) is 4. The number of carbonyl (C=O) groups is 1. The Bertz CT molecular complexity index is 715. The first kappa shape index (κ1) is 14.6. The van der Waals surface area contributed by atoms with Gasteiger partial charge in [0.2, 0.25) is 0 Å². The Morgan fingerprint density at radius 1 is 1.18 bits per heavy atom. The molecule has 1 amide bonds. The van der Waals surface area contributed by atoms with Crippen LogP contribution in [0.3, 0.4) is 0 Å². The molecule has 114 valence electrons. The average Bonchev–Trinajstić information content (AvgIpc) is 2.90. The predicted molar refractivity (Wildman–Crippen MR) is 83.4 cm³/mol. The molecule has 0 aromatic carbocycles. The minimum Gasteiger partial charge on any atom is -0.325 e. The lowest BCUT2D eigenvalue weighted by Gasteiger charge is -2.33. The van der Waals surface area contributed by atoms with Gasteiger partial charge in [-0.15, -0.1) is 0 Å². The van der Waals surface area contributed by atoms with E-state index >= 15 is 0 Å². The molecule has 2 aromatic rings. The highest BCUT2D eigenvalue weighted by molar-refractivity contribution is 5.93. The van der Waals surface area contributed by atoms with Crippen molar-refractivity contribution in [1.82, 2.24) is 19.9 Å². The van der Waals surface area contributed by atoms with Crippen LogP contribution < -0.4 is 0 Å². The fourth-order valence-electron chi connectivity index (χ4n) is 3.03. The van der Waals surface area contributed by atoms with Gasteiger partial charge in [0, 0.05) is 24.1 Å². The maximum atomic E-state index is 12.9. The maximum absolute atomic E-state index is 12.9. The van der Waals surface area contributed by atoms with Gasteiger partial charge in [0.1, 0.15) is 11.2 Å². The van der Waals surface area contributed by atoms with Gasteiger partial charge in [-0.1, -0.05) is 6.07 Å². The first-order valence-electron chi connectivity index (χ1n) is 7.56. The minimum atomic E-state index is -0.464. The van der Waals surface area contributed by atoms with Gasteiger partial charge < -0.3 is 4.90 Å². The number of pyridine rings is 1. The van der Waals surface area contributed by atoms with E-state index in [1.807, 2.05) is 43.9 Å². The second-order valence-corrected chi connectivity index (χ2v) is 6.02. The van der Waals surface area contributed by atoms with Crippen LogP contribution in [0.4, 0.5) is 0 Å². The zero-order valence-electron chi connectivity index (χ0n) is 13.2.